The SMILES string of the molecule is Cc1ccc(S(=O)(=O)N2CCN(C(=O)CSc3nc4ccccc4[nH]3)CC2)cc1C. The van der Waals surface area contributed by atoms with Gasteiger partial charge < -0.3 is 9.88 Å². The lowest BCUT2D eigenvalue weighted by Gasteiger charge is -2.34. The van der Waals surface area contributed by atoms with Gasteiger partial charge in [0.1, 0.15) is 0 Å². The monoisotopic (exact) mass is 444 g/mol. The topological polar surface area (TPSA) is 86.4 Å². The molecule has 0 radical (unpaired) electrons. The second kappa shape index (κ2) is 8.41. The standard InChI is InChI=1S/C21H24N4O3S2/c1-15-7-8-17(13-16(15)2)30(27,28)25-11-9-24(10-12-25)20(26)14-29-21-22-18-5-3-4-6-19(18)23-21/h3-8,13H,9-12,14H2,1-2H3,(H,22,23). The third kappa shape index (κ3) is 4.23. The Kier molecular flexibility index (Phi) is 5.86. The number of H-pyrrole nitrogens is 1. The van der Waals surface area contributed by atoms with Crippen molar-refractivity contribution in [1.29, 1.82) is 0 Å². The van der Waals surface area contributed by atoms with Crippen molar-refractivity contribution in [3.8, 4) is 0 Å². The second-order valence-electron chi connectivity index (χ2n) is 7.38. The van der Waals surface area contributed by atoms with E-state index in [9.17, 15) is 13.2 Å². The van der Waals surface area contributed by atoms with Gasteiger partial charge in [-0.25, -0.2) is 13.4 Å². The number of aromatic amines is 1. The summed E-state index contributed by atoms with van der Waals surface area (Å²) in [5.41, 5.74) is 3.83. The number of nitrogens with one attached hydrogen (secondary N) is 1. The molecule has 0 atom stereocenters. The molecule has 1 aliphatic heterocycles. The molecular weight excluding hydrogens is 420 g/mol. The highest BCUT2D eigenvalue weighted by molar-refractivity contribution is 7.99. The highest BCUT2D eigenvalue weighted by Gasteiger charge is 2.30. The van der Waals surface area contributed by atoms with Crippen molar-refractivity contribution in [3.05, 3.63) is 53.6 Å². The van der Waals surface area contributed by atoms with Gasteiger partial charge in [0.05, 0.1) is 21.7 Å². The van der Waals surface area contributed by atoms with Gasteiger partial charge in [-0.15, -0.1) is 0 Å². The van der Waals surface area contributed by atoms with Gasteiger partial charge in [0.25, 0.3) is 0 Å². The van der Waals surface area contributed by atoms with Crippen LogP contribution in [0.4, 0.5) is 0 Å². The maximum Gasteiger partial charge on any atom is 0.243 e. The summed E-state index contributed by atoms with van der Waals surface area (Å²) in [7, 11) is -3.55. The van der Waals surface area contributed by atoms with Gasteiger partial charge in [0.15, 0.2) is 5.16 Å². The van der Waals surface area contributed by atoms with E-state index in [0.717, 1.165) is 22.2 Å². The Labute approximate surface area is 180 Å². The number of para-hydroxylation sites is 2. The van der Waals surface area contributed by atoms with Crippen molar-refractivity contribution >= 4 is 38.7 Å². The summed E-state index contributed by atoms with van der Waals surface area (Å²) in [6.07, 6.45) is 0. The number of carbonyl (C=O) groups excluding carboxylic acids is 1. The number of fused-ring (bicyclic) bond motifs is 1. The minimum Gasteiger partial charge on any atom is -0.339 e. The molecule has 0 saturated carbocycles. The maximum atomic E-state index is 12.9. The number of amides is 1. The van der Waals surface area contributed by atoms with Crippen molar-refractivity contribution in [2.45, 2.75) is 23.9 Å². The predicted molar refractivity (Wildman–Crippen MR) is 118 cm³/mol. The zero-order chi connectivity index (χ0) is 21.3. The first kappa shape index (κ1) is 20.9. The van der Waals surface area contributed by atoms with E-state index in [1.54, 1.807) is 17.0 Å². The molecule has 1 fully saturated rings. The van der Waals surface area contributed by atoms with E-state index < -0.39 is 10.0 Å². The highest BCUT2D eigenvalue weighted by Crippen LogP contribution is 2.22. The summed E-state index contributed by atoms with van der Waals surface area (Å²) in [5, 5.41) is 0.709. The summed E-state index contributed by atoms with van der Waals surface area (Å²) in [5.74, 6) is 0.257. The molecule has 7 nitrogen and oxygen atoms in total. The third-order valence-electron chi connectivity index (χ3n) is 5.41. The number of thioether (sulfide) groups is 1. The van der Waals surface area contributed by atoms with Crippen LogP contribution >= 0.6 is 11.8 Å². The minimum atomic E-state index is -3.55. The van der Waals surface area contributed by atoms with Crippen molar-refractivity contribution in [2.24, 2.45) is 0 Å². The first-order valence-electron chi connectivity index (χ1n) is 9.77. The van der Waals surface area contributed by atoms with Gasteiger partial charge in [-0.05, 0) is 49.2 Å². The number of piperazine rings is 1. The fourth-order valence-electron chi connectivity index (χ4n) is 3.42. The number of hydrogen-bond acceptors (Lipinski definition) is 5. The Morgan fingerprint density at radius 3 is 2.50 bits per heavy atom. The maximum absolute atomic E-state index is 12.9. The Morgan fingerprint density at radius 1 is 1.07 bits per heavy atom. The first-order valence-corrected chi connectivity index (χ1v) is 12.2. The Balaban J connectivity index is 1.34. The van der Waals surface area contributed by atoms with Crippen LogP contribution in [0.5, 0.6) is 0 Å². The molecule has 0 aliphatic carbocycles. The van der Waals surface area contributed by atoms with Crippen LogP contribution in [0.3, 0.4) is 0 Å². The molecule has 2 heterocycles. The summed E-state index contributed by atoms with van der Waals surface area (Å²) in [4.78, 5) is 22.3. The van der Waals surface area contributed by atoms with E-state index in [4.69, 9.17) is 0 Å². The van der Waals surface area contributed by atoms with E-state index in [2.05, 4.69) is 9.97 Å². The summed E-state index contributed by atoms with van der Waals surface area (Å²) in [6.45, 7) is 5.25. The summed E-state index contributed by atoms with van der Waals surface area (Å²) in [6, 6.07) is 12.9. The number of aryl methyl sites for hydroxylation is 2. The van der Waals surface area contributed by atoms with Crippen molar-refractivity contribution in [1.82, 2.24) is 19.2 Å². The molecule has 0 bridgehead atoms. The highest BCUT2D eigenvalue weighted by atomic mass is 32.2. The lowest BCUT2D eigenvalue weighted by atomic mass is 10.1. The van der Waals surface area contributed by atoms with Gasteiger partial charge in [-0.1, -0.05) is 30.0 Å². The van der Waals surface area contributed by atoms with Crippen LogP contribution < -0.4 is 0 Å². The van der Waals surface area contributed by atoms with Crippen LogP contribution in [-0.2, 0) is 14.8 Å². The predicted octanol–water partition coefficient (Wildman–Crippen LogP) is 2.80. The van der Waals surface area contributed by atoms with Gasteiger partial charge in [0, 0.05) is 26.2 Å². The molecule has 0 unspecified atom stereocenters. The van der Waals surface area contributed by atoms with Crippen molar-refractivity contribution in [2.75, 3.05) is 31.9 Å². The fourth-order valence-corrected chi connectivity index (χ4v) is 5.72. The van der Waals surface area contributed by atoms with Crippen LogP contribution in [-0.4, -0.2) is 65.4 Å². The summed E-state index contributed by atoms with van der Waals surface area (Å²) < 4.78 is 27.3. The molecule has 1 saturated heterocycles. The number of rotatable bonds is 5. The Hall–Kier alpha value is -2.36. The molecule has 1 aromatic heterocycles. The second-order valence-corrected chi connectivity index (χ2v) is 10.3. The average molecular weight is 445 g/mol. The molecule has 1 aliphatic rings. The number of hydrogen-bond donors (Lipinski definition) is 1. The van der Waals surface area contributed by atoms with Gasteiger partial charge in [-0.2, -0.15) is 4.31 Å². The van der Waals surface area contributed by atoms with E-state index in [1.807, 2.05) is 44.2 Å². The molecule has 3 aromatic rings. The normalized spacial score (nSPS) is 15.6. The average Bonchev–Trinajstić information content (AvgIpc) is 3.17. The molecule has 4 rings (SSSR count). The number of benzene rings is 2. The third-order valence-corrected chi connectivity index (χ3v) is 8.16. The smallest absolute Gasteiger partial charge is 0.243 e. The molecule has 30 heavy (non-hydrogen) atoms. The number of aromatic nitrogens is 2. The van der Waals surface area contributed by atoms with Crippen LogP contribution in [0, 0.1) is 13.8 Å². The molecular formula is C21H24N4O3S2. The number of carbonyl (C=O) groups is 1. The summed E-state index contributed by atoms with van der Waals surface area (Å²) >= 11 is 1.36. The zero-order valence-electron chi connectivity index (χ0n) is 17.0. The first-order chi connectivity index (χ1) is 14.3. The van der Waals surface area contributed by atoms with E-state index in [-0.39, 0.29) is 11.7 Å². The lowest BCUT2D eigenvalue weighted by Crippen LogP contribution is -2.51. The quantitative estimate of drug-likeness (QED) is 0.612. The molecule has 0 spiro atoms. The van der Waals surface area contributed by atoms with Crippen LogP contribution in [0.15, 0.2) is 52.5 Å². The van der Waals surface area contributed by atoms with Gasteiger partial charge in [0.2, 0.25) is 15.9 Å². The molecule has 1 N–H and O–H groups in total. The largest absolute Gasteiger partial charge is 0.339 e. The van der Waals surface area contributed by atoms with Crippen LogP contribution in [0.25, 0.3) is 11.0 Å². The Morgan fingerprint density at radius 2 is 1.80 bits per heavy atom. The van der Waals surface area contributed by atoms with E-state index in [1.165, 1.54) is 16.1 Å². The number of nitrogens with zero attached hydrogens (tertiary/aromatic N) is 3. The molecule has 9 heteroatoms. The van der Waals surface area contributed by atoms with Crippen molar-refractivity contribution in [3.63, 3.8) is 0 Å². The van der Waals surface area contributed by atoms with Crippen LogP contribution in [0.2, 0.25) is 0 Å². The Bertz CT molecular complexity index is 1150. The van der Waals surface area contributed by atoms with Crippen LogP contribution in [0.1, 0.15) is 11.1 Å². The lowest BCUT2D eigenvalue weighted by molar-refractivity contribution is -0.129. The fraction of sp³-hybridized carbons (Fsp3) is 0.333. The molecule has 158 valence electrons. The number of imidazole rings is 1. The molecule has 1 amide bonds. The van der Waals surface area contributed by atoms with Crippen molar-refractivity contribution < 1.29 is 13.2 Å². The van der Waals surface area contributed by atoms with E-state index >= 15 is 0 Å². The zero-order valence-corrected chi connectivity index (χ0v) is 18.6. The molecule has 2 aromatic carbocycles. The van der Waals surface area contributed by atoms with Gasteiger partial charge in [-0.3, -0.25) is 4.79 Å². The minimum absolute atomic E-state index is 0.0105. The van der Waals surface area contributed by atoms with Gasteiger partial charge >= 0.3 is 0 Å². The number of sulfonamides is 1. The van der Waals surface area contributed by atoms with E-state index in [0.29, 0.717) is 36.2 Å².